The lowest BCUT2D eigenvalue weighted by Crippen LogP contribution is -2.31. The van der Waals surface area contributed by atoms with Crippen LogP contribution in [-0.4, -0.2) is 37.8 Å². The first-order valence-corrected chi connectivity index (χ1v) is 7.31. The van der Waals surface area contributed by atoms with E-state index in [0.29, 0.717) is 0 Å². The Morgan fingerprint density at radius 2 is 2.00 bits per heavy atom. The van der Waals surface area contributed by atoms with Gasteiger partial charge in [-0.15, -0.1) is 0 Å². The number of hydrogen-bond acceptors (Lipinski definition) is 4. The van der Waals surface area contributed by atoms with Crippen LogP contribution in [0.1, 0.15) is 24.2 Å². The number of carbonyl (C=O) groups excluding carboxylic acids is 1. The molecular formula is C12H17NO4S. The second-order valence-corrected chi connectivity index (χ2v) is 6.21. The molecule has 0 aliphatic carbocycles. The number of aliphatic hydroxyl groups excluding tert-OH is 1. The summed E-state index contributed by atoms with van der Waals surface area (Å²) >= 11 is 0. The zero-order valence-corrected chi connectivity index (χ0v) is 11.2. The summed E-state index contributed by atoms with van der Waals surface area (Å²) in [6.45, 7) is 3.15. The molecule has 1 amide bonds. The Bertz CT molecular complexity index is 523. The van der Waals surface area contributed by atoms with Crippen LogP contribution in [0.2, 0.25) is 0 Å². The predicted octanol–water partition coefficient (Wildman–Crippen LogP) is 0.591. The molecule has 0 unspecified atom stereocenters. The number of rotatable bonds is 5. The van der Waals surface area contributed by atoms with Crippen LogP contribution in [0.4, 0.5) is 0 Å². The fraction of sp³-hybridized carbons (Fsp3) is 0.417. The minimum atomic E-state index is -3.44. The molecule has 1 aromatic rings. The lowest BCUT2D eigenvalue weighted by atomic mass is 10.2. The minimum absolute atomic E-state index is 0.0237. The van der Waals surface area contributed by atoms with Gasteiger partial charge in [-0.2, -0.15) is 0 Å². The fourth-order valence-corrected chi connectivity index (χ4v) is 2.51. The van der Waals surface area contributed by atoms with Crippen LogP contribution >= 0.6 is 0 Å². The predicted molar refractivity (Wildman–Crippen MR) is 68.2 cm³/mol. The van der Waals surface area contributed by atoms with Gasteiger partial charge in [-0.3, -0.25) is 4.79 Å². The van der Waals surface area contributed by atoms with Gasteiger partial charge in [-0.05, 0) is 19.1 Å². The first kappa shape index (κ1) is 14.7. The zero-order chi connectivity index (χ0) is 13.8. The van der Waals surface area contributed by atoms with Crippen molar-refractivity contribution in [2.24, 2.45) is 0 Å². The Balaban J connectivity index is 3.07. The fourth-order valence-electron chi connectivity index (χ4n) is 1.42. The molecule has 5 nitrogen and oxygen atoms in total. The van der Waals surface area contributed by atoms with Crippen molar-refractivity contribution in [1.82, 2.24) is 5.32 Å². The minimum Gasteiger partial charge on any atom is -0.392 e. The summed E-state index contributed by atoms with van der Waals surface area (Å²) in [6, 6.07) is 6.05. The number of benzene rings is 1. The summed E-state index contributed by atoms with van der Waals surface area (Å²) in [7, 11) is -3.44. The summed E-state index contributed by atoms with van der Waals surface area (Å²) < 4.78 is 23.7. The van der Waals surface area contributed by atoms with Crippen LogP contribution in [-0.2, 0) is 9.84 Å². The number of aliphatic hydroxyl groups is 1. The Labute approximate surface area is 107 Å². The van der Waals surface area contributed by atoms with Gasteiger partial charge in [0, 0.05) is 6.54 Å². The van der Waals surface area contributed by atoms with Gasteiger partial charge in [0.05, 0.1) is 22.3 Å². The third-order valence-corrected chi connectivity index (χ3v) is 4.19. The van der Waals surface area contributed by atoms with Gasteiger partial charge in [0.15, 0.2) is 9.84 Å². The lowest BCUT2D eigenvalue weighted by Gasteiger charge is -2.10. The number of carbonyl (C=O) groups is 1. The third-order valence-electron chi connectivity index (χ3n) is 2.40. The van der Waals surface area contributed by atoms with E-state index in [1.165, 1.54) is 26.0 Å². The van der Waals surface area contributed by atoms with Crippen molar-refractivity contribution in [3.05, 3.63) is 29.8 Å². The van der Waals surface area contributed by atoms with E-state index in [4.69, 9.17) is 5.11 Å². The standard InChI is InChI=1S/C12H17NO4S/c1-3-18(16,17)11-7-5-4-6-10(11)12(15)13-8-9(2)14/h4-7,9,14H,3,8H2,1-2H3,(H,13,15)/t9-/m1/s1. The third kappa shape index (κ3) is 3.54. The van der Waals surface area contributed by atoms with Crippen molar-refractivity contribution in [3.8, 4) is 0 Å². The summed E-state index contributed by atoms with van der Waals surface area (Å²) in [5, 5.41) is 11.6. The monoisotopic (exact) mass is 271 g/mol. The molecule has 0 saturated heterocycles. The number of amides is 1. The molecular weight excluding hydrogens is 254 g/mol. The van der Waals surface area contributed by atoms with E-state index < -0.39 is 21.8 Å². The molecule has 0 heterocycles. The summed E-state index contributed by atoms with van der Waals surface area (Å²) in [4.78, 5) is 11.9. The van der Waals surface area contributed by atoms with Crippen LogP contribution in [0.5, 0.6) is 0 Å². The molecule has 0 bridgehead atoms. The van der Waals surface area contributed by atoms with Crippen LogP contribution in [0.15, 0.2) is 29.2 Å². The first-order chi connectivity index (χ1) is 8.38. The summed E-state index contributed by atoms with van der Waals surface area (Å²) in [5.41, 5.74) is 0.111. The van der Waals surface area contributed by atoms with Crippen molar-refractivity contribution in [2.45, 2.75) is 24.8 Å². The Kier molecular flexibility index (Phi) is 4.86. The van der Waals surface area contributed by atoms with Gasteiger partial charge >= 0.3 is 0 Å². The first-order valence-electron chi connectivity index (χ1n) is 5.66. The van der Waals surface area contributed by atoms with Crippen LogP contribution in [0.3, 0.4) is 0 Å². The molecule has 1 aromatic carbocycles. The molecule has 0 saturated carbocycles. The van der Waals surface area contributed by atoms with Crippen LogP contribution < -0.4 is 5.32 Å². The number of hydrogen-bond donors (Lipinski definition) is 2. The van der Waals surface area contributed by atoms with Gasteiger partial charge in [-0.1, -0.05) is 19.1 Å². The molecule has 0 aliphatic rings. The van der Waals surface area contributed by atoms with Crippen LogP contribution in [0, 0.1) is 0 Å². The quantitative estimate of drug-likeness (QED) is 0.821. The highest BCUT2D eigenvalue weighted by molar-refractivity contribution is 7.91. The van der Waals surface area contributed by atoms with Gasteiger partial charge < -0.3 is 10.4 Å². The maximum absolute atomic E-state index is 11.8. The molecule has 0 spiro atoms. The average Bonchev–Trinajstić information content (AvgIpc) is 2.36. The Morgan fingerprint density at radius 3 is 2.56 bits per heavy atom. The number of sulfone groups is 1. The highest BCUT2D eigenvalue weighted by Crippen LogP contribution is 2.16. The largest absolute Gasteiger partial charge is 0.392 e. The molecule has 1 atom stereocenters. The molecule has 18 heavy (non-hydrogen) atoms. The van der Waals surface area contributed by atoms with Crippen molar-refractivity contribution < 1.29 is 18.3 Å². The molecule has 1 rings (SSSR count). The SMILES string of the molecule is CCS(=O)(=O)c1ccccc1C(=O)NC[C@@H](C)O. The zero-order valence-electron chi connectivity index (χ0n) is 10.4. The van der Waals surface area contributed by atoms with Crippen LogP contribution in [0.25, 0.3) is 0 Å². The number of nitrogens with one attached hydrogen (secondary N) is 1. The Hall–Kier alpha value is -1.40. The maximum Gasteiger partial charge on any atom is 0.252 e. The highest BCUT2D eigenvalue weighted by Gasteiger charge is 2.20. The van der Waals surface area contributed by atoms with Crippen molar-refractivity contribution in [1.29, 1.82) is 0 Å². The topological polar surface area (TPSA) is 83.5 Å². The van der Waals surface area contributed by atoms with Gasteiger partial charge in [0.2, 0.25) is 0 Å². The summed E-state index contributed by atoms with van der Waals surface area (Å²) in [6.07, 6.45) is -0.677. The maximum atomic E-state index is 11.8. The van der Waals surface area contributed by atoms with Gasteiger partial charge in [0.1, 0.15) is 0 Å². The molecule has 100 valence electrons. The smallest absolute Gasteiger partial charge is 0.252 e. The van der Waals surface area contributed by atoms with E-state index in [9.17, 15) is 13.2 Å². The van der Waals surface area contributed by atoms with Crippen molar-refractivity contribution in [2.75, 3.05) is 12.3 Å². The van der Waals surface area contributed by atoms with Gasteiger partial charge in [-0.25, -0.2) is 8.42 Å². The summed E-state index contributed by atoms with van der Waals surface area (Å²) in [5.74, 6) is -0.559. The van der Waals surface area contributed by atoms with E-state index in [1.807, 2.05) is 0 Å². The normalized spacial score (nSPS) is 13.1. The molecule has 0 aliphatic heterocycles. The van der Waals surface area contributed by atoms with Crippen molar-refractivity contribution >= 4 is 15.7 Å². The van der Waals surface area contributed by atoms with E-state index >= 15 is 0 Å². The van der Waals surface area contributed by atoms with Crippen molar-refractivity contribution in [3.63, 3.8) is 0 Å². The molecule has 0 fully saturated rings. The van der Waals surface area contributed by atoms with E-state index in [1.54, 1.807) is 12.1 Å². The Morgan fingerprint density at radius 1 is 1.39 bits per heavy atom. The second-order valence-electron chi connectivity index (χ2n) is 3.96. The molecule has 6 heteroatoms. The average molecular weight is 271 g/mol. The van der Waals surface area contributed by atoms with E-state index in [0.717, 1.165) is 0 Å². The second kappa shape index (κ2) is 5.97. The van der Waals surface area contributed by atoms with E-state index in [-0.39, 0.29) is 22.8 Å². The van der Waals surface area contributed by atoms with E-state index in [2.05, 4.69) is 5.32 Å². The molecule has 0 aromatic heterocycles. The molecule has 0 radical (unpaired) electrons. The molecule has 2 N–H and O–H groups in total. The highest BCUT2D eigenvalue weighted by atomic mass is 32.2. The van der Waals surface area contributed by atoms with Gasteiger partial charge in [0.25, 0.3) is 5.91 Å². The lowest BCUT2D eigenvalue weighted by molar-refractivity contribution is 0.0921.